The van der Waals surface area contributed by atoms with Crippen molar-refractivity contribution in [3.8, 4) is 0 Å². The van der Waals surface area contributed by atoms with E-state index in [1.807, 2.05) is 30.3 Å². The van der Waals surface area contributed by atoms with Crippen molar-refractivity contribution in [3.05, 3.63) is 67.1 Å². The number of benzene rings is 2. The summed E-state index contributed by atoms with van der Waals surface area (Å²) in [6, 6.07) is 11.7. The molecule has 0 fully saturated rings. The minimum absolute atomic E-state index is 0.0796. The number of rotatable bonds is 5. The number of halogens is 4. The summed E-state index contributed by atoms with van der Waals surface area (Å²) in [5.41, 5.74) is 2.05. The van der Waals surface area contributed by atoms with E-state index in [1.165, 1.54) is 0 Å². The molecule has 2 aromatic rings. The summed E-state index contributed by atoms with van der Waals surface area (Å²) in [4.78, 5) is 0. The van der Waals surface area contributed by atoms with Gasteiger partial charge in [0, 0.05) is 10.5 Å². The van der Waals surface area contributed by atoms with Crippen LogP contribution in [0.4, 0.5) is 0 Å². The summed E-state index contributed by atoms with van der Waals surface area (Å²) in [5, 5.41) is 5.36. The molecule has 21 heavy (non-hydrogen) atoms. The summed E-state index contributed by atoms with van der Waals surface area (Å²) < 4.78 is 0.891. The van der Waals surface area contributed by atoms with Gasteiger partial charge in [0.15, 0.2) is 0 Å². The highest BCUT2D eigenvalue weighted by Gasteiger charge is 2.17. The zero-order valence-electron chi connectivity index (χ0n) is 11.5. The first-order valence-corrected chi connectivity index (χ1v) is 8.57. The highest BCUT2D eigenvalue weighted by molar-refractivity contribution is 9.10. The van der Waals surface area contributed by atoms with Crippen molar-refractivity contribution in [2.75, 3.05) is 6.54 Å². The van der Waals surface area contributed by atoms with Gasteiger partial charge in [0.25, 0.3) is 0 Å². The quantitative estimate of drug-likeness (QED) is 0.613. The smallest absolute Gasteiger partial charge is 0.0624 e. The molecule has 0 bridgehead atoms. The molecule has 1 atom stereocenters. The Hall–Kier alpha value is -0.250. The molecule has 112 valence electrons. The summed E-state index contributed by atoms with van der Waals surface area (Å²) in [6.07, 6.45) is 0.726. The van der Waals surface area contributed by atoms with Crippen LogP contribution in [-0.4, -0.2) is 6.54 Å². The highest BCUT2D eigenvalue weighted by Crippen LogP contribution is 2.34. The predicted molar refractivity (Wildman–Crippen MR) is 95.7 cm³/mol. The van der Waals surface area contributed by atoms with E-state index < -0.39 is 0 Å². The molecule has 1 unspecified atom stereocenters. The summed E-state index contributed by atoms with van der Waals surface area (Å²) in [5.74, 6) is 0. The predicted octanol–water partition coefficient (Wildman–Crippen LogP) is 6.30. The second kappa shape index (κ2) is 7.85. The maximum atomic E-state index is 6.42. The monoisotopic (exact) mass is 405 g/mol. The lowest BCUT2D eigenvalue weighted by Crippen LogP contribution is -2.23. The van der Waals surface area contributed by atoms with Crippen LogP contribution >= 0.6 is 50.7 Å². The van der Waals surface area contributed by atoms with Crippen molar-refractivity contribution in [2.24, 2.45) is 0 Å². The van der Waals surface area contributed by atoms with Gasteiger partial charge in [0.2, 0.25) is 0 Å². The van der Waals surface area contributed by atoms with Crippen LogP contribution in [0.15, 0.2) is 40.9 Å². The highest BCUT2D eigenvalue weighted by atomic mass is 79.9. The van der Waals surface area contributed by atoms with E-state index in [0.717, 1.165) is 33.6 Å². The molecular formula is C16H15BrCl3N. The summed E-state index contributed by atoms with van der Waals surface area (Å²) in [7, 11) is 0. The molecule has 0 heterocycles. The van der Waals surface area contributed by atoms with Crippen LogP contribution in [0.3, 0.4) is 0 Å². The van der Waals surface area contributed by atoms with Gasteiger partial charge in [0.05, 0.1) is 15.1 Å². The minimum atomic E-state index is 0.0796. The second-order valence-corrected chi connectivity index (χ2v) is 6.69. The third kappa shape index (κ3) is 4.14. The van der Waals surface area contributed by atoms with Gasteiger partial charge in [0.1, 0.15) is 0 Å². The topological polar surface area (TPSA) is 12.0 Å². The molecule has 0 saturated carbocycles. The first-order valence-electron chi connectivity index (χ1n) is 6.64. The fraction of sp³-hybridized carbons (Fsp3) is 0.250. The van der Waals surface area contributed by atoms with E-state index in [1.54, 1.807) is 6.07 Å². The zero-order valence-corrected chi connectivity index (χ0v) is 15.3. The van der Waals surface area contributed by atoms with E-state index in [9.17, 15) is 0 Å². The Morgan fingerprint density at radius 3 is 2.48 bits per heavy atom. The number of hydrogen-bond donors (Lipinski definition) is 1. The maximum Gasteiger partial charge on any atom is 0.0624 e. The molecule has 2 aromatic carbocycles. The van der Waals surface area contributed by atoms with Gasteiger partial charge < -0.3 is 5.32 Å². The summed E-state index contributed by atoms with van der Waals surface area (Å²) >= 11 is 22.3. The Labute approximate surface area is 148 Å². The van der Waals surface area contributed by atoms with Gasteiger partial charge >= 0.3 is 0 Å². The molecule has 0 aromatic heterocycles. The second-order valence-electron chi connectivity index (χ2n) is 4.67. The molecule has 5 heteroatoms. The van der Waals surface area contributed by atoms with E-state index in [2.05, 4.69) is 28.2 Å². The van der Waals surface area contributed by atoms with Crippen LogP contribution in [0.25, 0.3) is 0 Å². The Kier molecular flexibility index (Phi) is 6.39. The van der Waals surface area contributed by atoms with Gasteiger partial charge in [-0.15, -0.1) is 0 Å². The fourth-order valence-electron chi connectivity index (χ4n) is 2.25. The lowest BCUT2D eigenvalue weighted by atomic mass is 9.98. The zero-order chi connectivity index (χ0) is 15.4. The number of nitrogens with one attached hydrogen (secondary N) is 1. The normalized spacial score (nSPS) is 12.4. The van der Waals surface area contributed by atoms with Crippen LogP contribution in [0, 0.1) is 0 Å². The molecule has 0 aliphatic rings. The SMILES string of the molecule is CCNC(Cc1cccc(Cl)c1Cl)c1cccc(Br)c1Cl. The largest absolute Gasteiger partial charge is 0.310 e. The molecule has 0 aliphatic heterocycles. The molecule has 2 rings (SSSR count). The van der Waals surface area contributed by atoms with Gasteiger partial charge in [-0.25, -0.2) is 0 Å². The van der Waals surface area contributed by atoms with Crippen LogP contribution in [0.1, 0.15) is 24.1 Å². The molecule has 0 amide bonds. The fourth-order valence-corrected chi connectivity index (χ4v) is 3.29. The third-order valence-corrected chi connectivity index (χ3v) is 5.43. The lowest BCUT2D eigenvalue weighted by molar-refractivity contribution is 0.550. The van der Waals surface area contributed by atoms with E-state index in [0.29, 0.717) is 10.0 Å². The standard InChI is InChI=1S/C16H15BrCl3N/c1-2-21-14(11-6-4-7-12(17)16(11)20)9-10-5-3-8-13(18)15(10)19/h3-8,14,21H,2,9H2,1H3. The van der Waals surface area contributed by atoms with Gasteiger partial charge in [-0.3, -0.25) is 0 Å². The van der Waals surface area contributed by atoms with Crippen LogP contribution in [-0.2, 0) is 6.42 Å². The number of likely N-dealkylation sites (N-methyl/N-ethyl adjacent to an activating group) is 1. The van der Waals surface area contributed by atoms with Crippen LogP contribution in [0.5, 0.6) is 0 Å². The average Bonchev–Trinajstić information content (AvgIpc) is 2.46. The molecule has 1 N–H and O–H groups in total. The third-order valence-electron chi connectivity index (χ3n) is 3.26. The van der Waals surface area contributed by atoms with E-state index >= 15 is 0 Å². The van der Waals surface area contributed by atoms with Crippen molar-refractivity contribution in [1.29, 1.82) is 0 Å². The molecular weight excluding hydrogens is 392 g/mol. The lowest BCUT2D eigenvalue weighted by Gasteiger charge is -2.21. The van der Waals surface area contributed by atoms with E-state index in [-0.39, 0.29) is 6.04 Å². The summed E-state index contributed by atoms with van der Waals surface area (Å²) in [6.45, 7) is 2.91. The Morgan fingerprint density at radius 1 is 1.05 bits per heavy atom. The van der Waals surface area contributed by atoms with Crippen molar-refractivity contribution >= 4 is 50.7 Å². The van der Waals surface area contributed by atoms with Crippen molar-refractivity contribution < 1.29 is 0 Å². The van der Waals surface area contributed by atoms with Gasteiger partial charge in [-0.1, -0.05) is 66.0 Å². The Morgan fingerprint density at radius 2 is 1.76 bits per heavy atom. The van der Waals surface area contributed by atoms with Crippen LogP contribution < -0.4 is 5.32 Å². The van der Waals surface area contributed by atoms with E-state index in [4.69, 9.17) is 34.8 Å². The molecule has 1 nitrogen and oxygen atoms in total. The molecule has 0 saturated heterocycles. The Bertz CT molecular complexity index is 631. The maximum absolute atomic E-state index is 6.42. The first kappa shape index (κ1) is 17.1. The molecule has 0 aliphatic carbocycles. The minimum Gasteiger partial charge on any atom is -0.310 e. The average molecular weight is 408 g/mol. The Balaban J connectivity index is 2.35. The van der Waals surface area contributed by atoms with Crippen molar-refractivity contribution in [2.45, 2.75) is 19.4 Å². The van der Waals surface area contributed by atoms with Crippen LogP contribution in [0.2, 0.25) is 15.1 Å². The van der Waals surface area contributed by atoms with Gasteiger partial charge in [-0.2, -0.15) is 0 Å². The first-order chi connectivity index (χ1) is 10.0. The van der Waals surface area contributed by atoms with Gasteiger partial charge in [-0.05, 0) is 52.2 Å². The van der Waals surface area contributed by atoms with Crippen molar-refractivity contribution in [1.82, 2.24) is 5.32 Å². The van der Waals surface area contributed by atoms with Crippen molar-refractivity contribution in [3.63, 3.8) is 0 Å². The molecule has 0 spiro atoms. The number of hydrogen-bond acceptors (Lipinski definition) is 1. The molecule has 0 radical (unpaired) electrons.